The molecule has 0 saturated carbocycles. The second-order valence-corrected chi connectivity index (χ2v) is 4.03. The summed E-state index contributed by atoms with van der Waals surface area (Å²) in [5.41, 5.74) is 0.695. The van der Waals surface area contributed by atoms with Crippen molar-refractivity contribution in [3.05, 3.63) is 41.6 Å². The van der Waals surface area contributed by atoms with E-state index in [9.17, 15) is 4.79 Å². The number of benzene rings is 1. The van der Waals surface area contributed by atoms with Crippen molar-refractivity contribution in [2.75, 3.05) is 0 Å². The van der Waals surface area contributed by atoms with Crippen LogP contribution in [0.2, 0.25) is 0 Å². The number of nitrogens with zero attached hydrogens (tertiary/aromatic N) is 2. The fraction of sp³-hybridized carbons (Fsp3) is 0.357. The summed E-state index contributed by atoms with van der Waals surface area (Å²) in [5.74, 6) is 1.84. The van der Waals surface area contributed by atoms with Crippen LogP contribution in [0.3, 0.4) is 0 Å². The highest BCUT2D eigenvalue weighted by Crippen LogP contribution is 2.15. The Kier molecular flexibility index (Phi) is 4.28. The lowest BCUT2D eigenvalue weighted by Gasteiger charge is -2.04. The highest BCUT2D eigenvalue weighted by molar-refractivity contribution is 5.95. The van der Waals surface area contributed by atoms with Gasteiger partial charge < -0.3 is 9.15 Å². The number of Topliss-reactive ketones (excluding diaryl/α,β-unsaturated/α-hetero) is 1. The van der Waals surface area contributed by atoms with E-state index in [1.54, 1.807) is 24.3 Å². The van der Waals surface area contributed by atoms with Crippen LogP contribution in [-0.2, 0) is 13.0 Å². The van der Waals surface area contributed by atoms with E-state index in [-0.39, 0.29) is 12.4 Å². The Hall–Kier alpha value is -2.17. The minimum atomic E-state index is 0.121. The van der Waals surface area contributed by atoms with Gasteiger partial charge in [-0.15, -0.1) is 10.2 Å². The molecular formula is C14H16N2O3. The zero-order valence-corrected chi connectivity index (χ0v) is 11.0. The van der Waals surface area contributed by atoms with Crippen LogP contribution in [0.25, 0.3) is 0 Å². The fourth-order valence-electron chi connectivity index (χ4n) is 1.58. The third kappa shape index (κ3) is 3.40. The molecule has 2 rings (SSSR count). The number of hydrogen-bond acceptors (Lipinski definition) is 5. The number of carbonyl (C=O) groups excluding carboxylic acids is 1. The van der Waals surface area contributed by atoms with Crippen molar-refractivity contribution in [1.82, 2.24) is 10.2 Å². The summed E-state index contributed by atoms with van der Waals surface area (Å²) < 4.78 is 10.8. The quantitative estimate of drug-likeness (QED) is 0.747. The Balaban J connectivity index is 1.94. The molecule has 0 aliphatic heterocycles. The maximum atomic E-state index is 11.5. The van der Waals surface area contributed by atoms with Crippen LogP contribution < -0.4 is 4.74 Å². The van der Waals surface area contributed by atoms with E-state index >= 15 is 0 Å². The molecule has 2 aromatic rings. The van der Waals surface area contributed by atoms with Crippen molar-refractivity contribution in [3.63, 3.8) is 0 Å². The maximum Gasteiger partial charge on any atom is 0.253 e. The van der Waals surface area contributed by atoms with Crippen molar-refractivity contribution < 1.29 is 13.9 Å². The van der Waals surface area contributed by atoms with Gasteiger partial charge >= 0.3 is 0 Å². The molecule has 1 heterocycles. The van der Waals surface area contributed by atoms with Crippen LogP contribution in [-0.4, -0.2) is 16.0 Å². The number of hydrogen-bond donors (Lipinski definition) is 0. The summed E-state index contributed by atoms with van der Waals surface area (Å²) in [6.45, 7) is 4.02. The summed E-state index contributed by atoms with van der Waals surface area (Å²) in [7, 11) is 0. The molecule has 5 nitrogen and oxygen atoms in total. The van der Waals surface area contributed by atoms with Gasteiger partial charge in [-0.3, -0.25) is 4.79 Å². The fourth-order valence-corrected chi connectivity index (χ4v) is 1.58. The molecule has 0 atom stereocenters. The summed E-state index contributed by atoms with van der Waals surface area (Å²) >= 11 is 0. The highest BCUT2D eigenvalue weighted by atomic mass is 16.5. The SMILES string of the molecule is CCC(=O)c1ccc(OCc2nnc(CC)o2)cc1. The number of aryl methyl sites for hydroxylation is 1. The van der Waals surface area contributed by atoms with Gasteiger partial charge in [-0.25, -0.2) is 0 Å². The van der Waals surface area contributed by atoms with Crippen LogP contribution in [0.5, 0.6) is 5.75 Å². The van der Waals surface area contributed by atoms with Gasteiger partial charge in [-0.05, 0) is 24.3 Å². The molecule has 0 fully saturated rings. The Labute approximate surface area is 111 Å². The first-order chi connectivity index (χ1) is 9.22. The summed E-state index contributed by atoms with van der Waals surface area (Å²) in [6.07, 6.45) is 1.21. The van der Waals surface area contributed by atoms with Crippen LogP contribution in [0.15, 0.2) is 28.7 Å². The minimum absolute atomic E-state index is 0.121. The van der Waals surface area contributed by atoms with Crippen molar-refractivity contribution in [3.8, 4) is 5.75 Å². The van der Waals surface area contributed by atoms with Gasteiger partial charge in [0.15, 0.2) is 12.4 Å². The number of rotatable bonds is 6. The van der Waals surface area contributed by atoms with Crippen LogP contribution in [0, 0.1) is 0 Å². The molecule has 0 N–H and O–H groups in total. The number of aromatic nitrogens is 2. The average Bonchev–Trinajstić information content (AvgIpc) is 2.93. The van der Waals surface area contributed by atoms with Gasteiger partial charge in [0.1, 0.15) is 5.75 Å². The van der Waals surface area contributed by atoms with Gasteiger partial charge in [-0.2, -0.15) is 0 Å². The van der Waals surface area contributed by atoms with E-state index in [0.29, 0.717) is 35.9 Å². The number of carbonyl (C=O) groups is 1. The van der Waals surface area contributed by atoms with Crippen molar-refractivity contribution in [1.29, 1.82) is 0 Å². The smallest absolute Gasteiger partial charge is 0.253 e. The van der Waals surface area contributed by atoms with E-state index in [2.05, 4.69) is 10.2 Å². The van der Waals surface area contributed by atoms with Crippen LogP contribution in [0.1, 0.15) is 42.4 Å². The monoisotopic (exact) mass is 260 g/mol. The van der Waals surface area contributed by atoms with Crippen LogP contribution >= 0.6 is 0 Å². The molecule has 1 aromatic carbocycles. The Morgan fingerprint density at radius 3 is 2.42 bits per heavy atom. The first kappa shape index (κ1) is 13.3. The minimum Gasteiger partial charge on any atom is -0.484 e. The average molecular weight is 260 g/mol. The van der Waals surface area contributed by atoms with Gasteiger partial charge in [-0.1, -0.05) is 13.8 Å². The predicted molar refractivity (Wildman–Crippen MR) is 69.1 cm³/mol. The first-order valence-electron chi connectivity index (χ1n) is 6.30. The summed E-state index contributed by atoms with van der Waals surface area (Å²) in [6, 6.07) is 7.04. The maximum absolute atomic E-state index is 11.5. The first-order valence-corrected chi connectivity index (χ1v) is 6.30. The summed E-state index contributed by atoms with van der Waals surface area (Å²) in [5, 5.41) is 7.72. The predicted octanol–water partition coefficient (Wildman–Crippen LogP) is 2.80. The lowest BCUT2D eigenvalue weighted by Crippen LogP contribution is -1.98. The zero-order chi connectivity index (χ0) is 13.7. The topological polar surface area (TPSA) is 65.2 Å². The zero-order valence-electron chi connectivity index (χ0n) is 11.0. The van der Waals surface area contributed by atoms with E-state index in [4.69, 9.17) is 9.15 Å². The third-order valence-corrected chi connectivity index (χ3v) is 2.67. The Morgan fingerprint density at radius 1 is 1.16 bits per heavy atom. The Bertz CT molecular complexity index is 546. The molecule has 0 spiro atoms. The Morgan fingerprint density at radius 2 is 1.84 bits per heavy atom. The second-order valence-electron chi connectivity index (χ2n) is 4.03. The molecule has 100 valence electrons. The normalized spacial score (nSPS) is 10.4. The summed E-state index contributed by atoms with van der Waals surface area (Å²) in [4.78, 5) is 11.5. The standard InChI is InChI=1S/C14H16N2O3/c1-3-12(17)10-5-7-11(8-6-10)18-9-14-16-15-13(4-2)19-14/h5-8H,3-4,9H2,1-2H3. The van der Waals surface area contributed by atoms with Crippen molar-refractivity contribution in [2.24, 2.45) is 0 Å². The van der Waals surface area contributed by atoms with E-state index < -0.39 is 0 Å². The molecule has 0 amide bonds. The highest BCUT2D eigenvalue weighted by Gasteiger charge is 2.06. The number of ether oxygens (including phenoxy) is 1. The van der Waals surface area contributed by atoms with Gasteiger partial charge in [0.2, 0.25) is 5.89 Å². The van der Waals surface area contributed by atoms with Crippen molar-refractivity contribution >= 4 is 5.78 Å². The van der Waals surface area contributed by atoms with Crippen LogP contribution in [0.4, 0.5) is 0 Å². The molecule has 0 unspecified atom stereocenters. The molecule has 1 aromatic heterocycles. The molecule has 5 heteroatoms. The molecule has 0 aliphatic rings. The largest absolute Gasteiger partial charge is 0.484 e. The molecule has 0 radical (unpaired) electrons. The van der Waals surface area contributed by atoms with Gasteiger partial charge in [0, 0.05) is 18.4 Å². The molecule has 0 aliphatic carbocycles. The number of ketones is 1. The molecule has 0 bridgehead atoms. The van der Waals surface area contributed by atoms with Crippen molar-refractivity contribution in [2.45, 2.75) is 33.3 Å². The lowest BCUT2D eigenvalue weighted by atomic mass is 10.1. The van der Waals surface area contributed by atoms with E-state index in [1.165, 1.54) is 0 Å². The van der Waals surface area contributed by atoms with Gasteiger partial charge in [0.05, 0.1) is 0 Å². The third-order valence-electron chi connectivity index (χ3n) is 2.67. The lowest BCUT2D eigenvalue weighted by molar-refractivity contribution is 0.0988. The van der Waals surface area contributed by atoms with Gasteiger partial charge in [0.25, 0.3) is 5.89 Å². The molecule has 0 saturated heterocycles. The van der Waals surface area contributed by atoms with E-state index in [1.807, 2.05) is 13.8 Å². The molecule has 19 heavy (non-hydrogen) atoms. The molecular weight excluding hydrogens is 244 g/mol. The van der Waals surface area contributed by atoms with E-state index in [0.717, 1.165) is 0 Å². The second kappa shape index (κ2) is 6.13.